The standard InChI is InChI=1S/C17H18N2O3S/c1-3-16(21)22-15-10-5-4-7-13(15)8-6-9-14-11-23-17(19-14)18-12(2)20/h3-5,7,10-11H,1,6,8-9H2,2H3,(H,18,19,20). The van der Waals surface area contributed by atoms with Crippen LogP contribution >= 0.6 is 11.3 Å². The Kier molecular flexibility index (Phi) is 6.05. The Labute approximate surface area is 139 Å². The Morgan fingerprint density at radius 2 is 2.13 bits per heavy atom. The van der Waals surface area contributed by atoms with Crippen LogP contribution in [0.1, 0.15) is 24.6 Å². The number of anilines is 1. The maximum atomic E-state index is 11.3. The fourth-order valence-corrected chi connectivity index (χ4v) is 2.84. The Hall–Kier alpha value is -2.47. The van der Waals surface area contributed by atoms with Gasteiger partial charge >= 0.3 is 5.97 Å². The van der Waals surface area contributed by atoms with Crippen LogP contribution < -0.4 is 10.1 Å². The van der Waals surface area contributed by atoms with Crippen molar-refractivity contribution in [3.05, 3.63) is 53.6 Å². The van der Waals surface area contributed by atoms with Gasteiger partial charge in [-0.05, 0) is 30.9 Å². The van der Waals surface area contributed by atoms with E-state index in [0.29, 0.717) is 10.9 Å². The Morgan fingerprint density at radius 3 is 2.87 bits per heavy atom. The third-order valence-corrected chi connectivity index (χ3v) is 3.87. The van der Waals surface area contributed by atoms with Crippen molar-refractivity contribution in [2.75, 3.05) is 5.32 Å². The largest absolute Gasteiger partial charge is 0.423 e. The average Bonchev–Trinajstić information content (AvgIpc) is 2.95. The number of rotatable bonds is 7. The fraction of sp³-hybridized carbons (Fsp3) is 0.235. The smallest absolute Gasteiger partial charge is 0.335 e. The number of amides is 1. The summed E-state index contributed by atoms with van der Waals surface area (Å²) in [7, 11) is 0. The molecule has 0 spiro atoms. The molecule has 1 aromatic heterocycles. The summed E-state index contributed by atoms with van der Waals surface area (Å²) in [4.78, 5) is 26.7. The highest BCUT2D eigenvalue weighted by molar-refractivity contribution is 7.13. The number of hydrogen-bond acceptors (Lipinski definition) is 5. The number of carbonyl (C=O) groups is 2. The number of aryl methyl sites for hydroxylation is 2. The van der Waals surface area contributed by atoms with Crippen LogP contribution in [0.4, 0.5) is 5.13 Å². The number of benzene rings is 1. The molecule has 5 nitrogen and oxygen atoms in total. The van der Waals surface area contributed by atoms with Crippen LogP contribution in [-0.2, 0) is 22.4 Å². The second-order valence-corrected chi connectivity index (χ2v) is 5.77. The molecular formula is C17H18N2O3S. The SMILES string of the molecule is C=CC(=O)Oc1ccccc1CCCc1csc(NC(C)=O)n1. The van der Waals surface area contributed by atoms with Gasteiger partial charge in [-0.3, -0.25) is 4.79 Å². The molecule has 0 atom stereocenters. The zero-order valence-corrected chi connectivity index (χ0v) is 13.7. The van der Waals surface area contributed by atoms with Gasteiger partial charge in [0.05, 0.1) is 5.69 Å². The molecule has 23 heavy (non-hydrogen) atoms. The predicted molar refractivity (Wildman–Crippen MR) is 90.7 cm³/mol. The van der Waals surface area contributed by atoms with Gasteiger partial charge in [0.1, 0.15) is 5.75 Å². The lowest BCUT2D eigenvalue weighted by Gasteiger charge is -2.08. The van der Waals surface area contributed by atoms with E-state index in [1.54, 1.807) is 6.07 Å². The molecule has 0 aliphatic heterocycles. The van der Waals surface area contributed by atoms with Crippen LogP contribution in [0.3, 0.4) is 0 Å². The van der Waals surface area contributed by atoms with Gasteiger partial charge in [-0.25, -0.2) is 9.78 Å². The minimum atomic E-state index is -0.461. The van der Waals surface area contributed by atoms with E-state index >= 15 is 0 Å². The van der Waals surface area contributed by atoms with Gasteiger partial charge in [-0.1, -0.05) is 24.8 Å². The van der Waals surface area contributed by atoms with Gasteiger partial charge in [0.25, 0.3) is 0 Å². The van der Waals surface area contributed by atoms with Crippen LogP contribution in [0, 0.1) is 0 Å². The number of thiazole rings is 1. The van der Waals surface area contributed by atoms with Gasteiger partial charge in [-0.2, -0.15) is 0 Å². The monoisotopic (exact) mass is 330 g/mol. The van der Waals surface area contributed by atoms with E-state index < -0.39 is 5.97 Å². The zero-order chi connectivity index (χ0) is 16.7. The fourth-order valence-electron chi connectivity index (χ4n) is 2.05. The Bertz CT molecular complexity index is 709. The van der Waals surface area contributed by atoms with E-state index in [0.717, 1.165) is 36.6 Å². The van der Waals surface area contributed by atoms with Crippen molar-refractivity contribution >= 4 is 28.3 Å². The molecule has 0 fully saturated rings. The number of para-hydroxylation sites is 1. The second kappa shape index (κ2) is 8.24. The maximum Gasteiger partial charge on any atom is 0.335 e. The maximum absolute atomic E-state index is 11.3. The number of aromatic nitrogens is 1. The molecule has 0 radical (unpaired) electrons. The molecule has 1 aromatic carbocycles. The van der Waals surface area contributed by atoms with Crippen molar-refractivity contribution in [2.45, 2.75) is 26.2 Å². The van der Waals surface area contributed by atoms with Crippen LogP contribution in [0.15, 0.2) is 42.3 Å². The van der Waals surface area contributed by atoms with Crippen molar-refractivity contribution in [1.29, 1.82) is 0 Å². The number of esters is 1. The Balaban J connectivity index is 1.91. The highest BCUT2D eigenvalue weighted by atomic mass is 32.1. The van der Waals surface area contributed by atoms with E-state index in [1.165, 1.54) is 18.3 Å². The molecule has 2 aromatic rings. The normalized spacial score (nSPS) is 10.1. The molecule has 0 aliphatic carbocycles. The molecule has 0 bridgehead atoms. The van der Waals surface area contributed by atoms with Crippen LogP contribution in [0.2, 0.25) is 0 Å². The summed E-state index contributed by atoms with van der Waals surface area (Å²) in [5, 5.41) is 5.23. The van der Waals surface area contributed by atoms with Gasteiger partial charge < -0.3 is 10.1 Å². The highest BCUT2D eigenvalue weighted by Gasteiger charge is 2.08. The summed E-state index contributed by atoms with van der Waals surface area (Å²) in [6.45, 7) is 4.86. The van der Waals surface area contributed by atoms with Crippen molar-refractivity contribution in [3.8, 4) is 5.75 Å². The first-order valence-corrected chi connectivity index (χ1v) is 8.10. The second-order valence-electron chi connectivity index (χ2n) is 4.91. The molecule has 2 rings (SSSR count). The first-order chi connectivity index (χ1) is 11.1. The minimum Gasteiger partial charge on any atom is -0.423 e. The van der Waals surface area contributed by atoms with Gasteiger partial charge in [0.15, 0.2) is 5.13 Å². The molecule has 0 unspecified atom stereocenters. The van der Waals surface area contributed by atoms with Crippen LogP contribution in [-0.4, -0.2) is 16.9 Å². The van der Waals surface area contributed by atoms with Gasteiger partial charge in [0.2, 0.25) is 5.91 Å². The number of nitrogens with zero attached hydrogens (tertiary/aromatic N) is 1. The van der Waals surface area contributed by atoms with E-state index in [2.05, 4.69) is 16.9 Å². The summed E-state index contributed by atoms with van der Waals surface area (Å²) < 4.78 is 5.23. The van der Waals surface area contributed by atoms with Crippen molar-refractivity contribution in [3.63, 3.8) is 0 Å². The van der Waals surface area contributed by atoms with E-state index in [9.17, 15) is 9.59 Å². The highest BCUT2D eigenvalue weighted by Crippen LogP contribution is 2.22. The van der Waals surface area contributed by atoms with Crippen molar-refractivity contribution in [1.82, 2.24) is 4.98 Å². The van der Waals surface area contributed by atoms with Gasteiger partial charge in [-0.15, -0.1) is 11.3 Å². The molecule has 1 N–H and O–H groups in total. The number of carbonyl (C=O) groups excluding carboxylic acids is 2. The topological polar surface area (TPSA) is 68.3 Å². The molecule has 120 valence electrons. The molecule has 1 heterocycles. The predicted octanol–water partition coefficient (Wildman–Crippen LogP) is 3.37. The van der Waals surface area contributed by atoms with Gasteiger partial charge in [0, 0.05) is 18.4 Å². The van der Waals surface area contributed by atoms with Crippen molar-refractivity contribution < 1.29 is 14.3 Å². The summed E-state index contributed by atoms with van der Waals surface area (Å²) in [6.07, 6.45) is 3.58. The Morgan fingerprint density at radius 1 is 1.35 bits per heavy atom. The summed E-state index contributed by atoms with van der Waals surface area (Å²) in [6, 6.07) is 7.46. The number of ether oxygens (including phenoxy) is 1. The minimum absolute atomic E-state index is 0.121. The van der Waals surface area contributed by atoms with E-state index in [-0.39, 0.29) is 5.91 Å². The zero-order valence-electron chi connectivity index (χ0n) is 12.9. The number of hydrogen-bond donors (Lipinski definition) is 1. The quantitative estimate of drug-likeness (QED) is 0.480. The first-order valence-electron chi connectivity index (χ1n) is 7.22. The third kappa shape index (κ3) is 5.34. The number of nitrogens with one attached hydrogen (secondary N) is 1. The first kappa shape index (κ1) is 16.9. The molecule has 0 aliphatic rings. The summed E-state index contributed by atoms with van der Waals surface area (Å²) >= 11 is 1.42. The average molecular weight is 330 g/mol. The van der Waals surface area contributed by atoms with Crippen molar-refractivity contribution in [2.24, 2.45) is 0 Å². The van der Waals surface area contributed by atoms with E-state index in [1.807, 2.05) is 23.6 Å². The summed E-state index contributed by atoms with van der Waals surface area (Å²) in [5.41, 5.74) is 1.92. The molecule has 0 saturated carbocycles. The molecule has 6 heteroatoms. The van der Waals surface area contributed by atoms with E-state index in [4.69, 9.17) is 4.74 Å². The lowest BCUT2D eigenvalue weighted by molar-refractivity contribution is -0.129. The third-order valence-electron chi connectivity index (χ3n) is 3.06. The van der Waals surface area contributed by atoms with Crippen LogP contribution in [0.5, 0.6) is 5.75 Å². The lowest BCUT2D eigenvalue weighted by Crippen LogP contribution is -2.06. The molecule has 0 saturated heterocycles. The molecular weight excluding hydrogens is 312 g/mol. The van der Waals surface area contributed by atoms with Crippen LogP contribution in [0.25, 0.3) is 0 Å². The molecule has 1 amide bonds. The summed E-state index contributed by atoms with van der Waals surface area (Å²) in [5.74, 6) is -0.0182. The lowest BCUT2D eigenvalue weighted by atomic mass is 10.1.